The van der Waals surface area contributed by atoms with Crippen molar-refractivity contribution in [2.45, 2.75) is 46.5 Å². The van der Waals surface area contributed by atoms with E-state index in [1.54, 1.807) is 13.8 Å². The molecule has 0 unspecified atom stereocenters. The van der Waals surface area contributed by atoms with Gasteiger partial charge in [-0.15, -0.1) is 0 Å². The molecule has 1 rings (SSSR count). The van der Waals surface area contributed by atoms with Gasteiger partial charge in [-0.2, -0.15) is 0 Å². The topological polar surface area (TPSA) is 71.1 Å². The van der Waals surface area contributed by atoms with Crippen LogP contribution in [0.3, 0.4) is 0 Å². The van der Waals surface area contributed by atoms with Gasteiger partial charge >= 0.3 is 11.9 Å². The highest BCUT2D eigenvalue weighted by molar-refractivity contribution is 5.98. The molecule has 1 aromatic carbocycles. The molecule has 0 radical (unpaired) electrons. The van der Waals surface area contributed by atoms with Gasteiger partial charge in [-0.3, -0.25) is 0 Å². The number of methoxy groups -OCH3 is 1. The molecule has 0 N–H and O–H groups in total. The third-order valence-electron chi connectivity index (χ3n) is 3.55. The van der Waals surface area contributed by atoms with Crippen molar-refractivity contribution in [3.8, 4) is 11.5 Å². The lowest BCUT2D eigenvalue weighted by atomic mass is 10.1. The lowest BCUT2D eigenvalue weighted by molar-refractivity contribution is 0.0504. The van der Waals surface area contributed by atoms with Gasteiger partial charge in [-0.25, -0.2) is 9.59 Å². The molecule has 0 aliphatic rings. The van der Waals surface area contributed by atoms with Crippen LogP contribution in [-0.4, -0.2) is 38.9 Å². The van der Waals surface area contributed by atoms with Crippen LogP contribution in [0.5, 0.6) is 11.5 Å². The third-order valence-corrected chi connectivity index (χ3v) is 3.55. The van der Waals surface area contributed by atoms with E-state index in [-0.39, 0.29) is 30.1 Å². The summed E-state index contributed by atoms with van der Waals surface area (Å²) in [7, 11) is 1.43. The molecule has 0 atom stereocenters. The zero-order chi connectivity index (χ0) is 18.7. The summed E-state index contributed by atoms with van der Waals surface area (Å²) in [6, 6.07) is 2.95. The van der Waals surface area contributed by atoms with Crippen LogP contribution in [0.4, 0.5) is 0 Å². The number of carbonyl (C=O) groups is 2. The van der Waals surface area contributed by atoms with Crippen molar-refractivity contribution in [3.63, 3.8) is 0 Å². The maximum atomic E-state index is 12.2. The first-order chi connectivity index (χ1) is 12.1. The smallest absolute Gasteiger partial charge is 0.342 e. The molecule has 0 fully saturated rings. The largest absolute Gasteiger partial charge is 0.496 e. The molecule has 0 aliphatic carbocycles. The number of hydrogen-bond donors (Lipinski definition) is 0. The Bertz CT molecular complexity index is 567. The molecular formula is C19H28O6. The highest BCUT2D eigenvalue weighted by Gasteiger charge is 2.22. The Morgan fingerprint density at radius 3 is 1.92 bits per heavy atom. The molecule has 0 saturated heterocycles. The molecule has 0 aromatic heterocycles. The Morgan fingerprint density at radius 1 is 0.840 bits per heavy atom. The Labute approximate surface area is 149 Å². The molecule has 25 heavy (non-hydrogen) atoms. The number of hydrogen-bond acceptors (Lipinski definition) is 6. The number of benzene rings is 1. The monoisotopic (exact) mass is 352 g/mol. The molecule has 0 bridgehead atoms. The molecule has 0 amide bonds. The van der Waals surface area contributed by atoms with Crippen molar-refractivity contribution in [3.05, 3.63) is 23.3 Å². The van der Waals surface area contributed by atoms with E-state index in [0.717, 1.165) is 25.7 Å². The van der Waals surface area contributed by atoms with Crippen molar-refractivity contribution in [2.75, 3.05) is 26.9 Å². The zero-order valence-electron chi connectivity index (χ0n) is 15.6. The minimum absolute atomic E-state index is 0.223. The van der Waals surface area contributed by atoms with Crippen molar-refractivity contribution < 1.29 is 28.5 Å². The van der Waals surface area contributed by atoms with Crippen LogP contribution in [0, 0.1) is 0 Å². The van der Waals surface area contributed by atoms with Gasteiger partial charge in [0.25, 0.3) is 0 Å². The van der Waals surface area contributed by atoms with Gasteiger partial charge in [-0.1, -0.05) is 26.2 Å². The van der Waals surface area contributed by atoms with Crippen LogP contribution in [0.25, 0.3) is 0 Å². The second-order valence-electron chi connectivity index (χ2n) is 5.40. The maximum absolute atomic E-state index is 12.2. The standard InChI is InChI=1S/C19H28O6/c1-5-8-9-10-11-25-17-13-14(18(20)23-6-2)16(22-4)12-15(17)19(21)24-7-3/h12-13H,5-11H2,1-4H3. The molecular weight excluding hydrogens is 324 g/mol. The van der Waals surface area contributed by atoms with Crippen LogP contribution < -0.4 is 9.47 Å². The lowest BCUT2D eigenvalue weighted by Gasteiger charge is -2.15. The number of carbonyl (C=O) groups excluding carboxylic acids is 2. The van der Waals surface area contributed by atoms with Crippen LogP contribution in [0.2, 0.25) is 0 Å². The van der Waals surface area contributed by atoms with E-state index in [1.165, 1.54) is 19.2 Å². The molecule has 6 heteroatoms. The summed E-state index contributed by atoms with van der Waals surface area (Å²) in [5.74, 6) is -0.482. The van der Waals surface area contributed by atoms with Gasteiger partial charge in [0.2, 0.25) is 0 Å². The summed E-state index contributed by atoms with van der Waals surface area (Å²) < 4.78 is 21.1. The summed E-state index contributed by atoms with van der Waals surface area (Å²) in [5.41, 5.74) is 0.461. The fraction of sp³-hybridized carbons (Fsp3) is 0.579. The fourth-order valence-electron chi connectivity index (χ4n) is 2.30. The highest BCUT2D eigenvalue weighted by Crippen LogP contribution is 2.30. The van der Waals surface area contributed by atoms with Gasteiger partial charge in [-0.05, 0) is 32.4 Å². The Kier molecular flexibility index (Phi) is 9.43. The minimum atomic E-state index is -0.523. The molecule has 140 valence electrons. The minimum Gasteiger partial charge on any atom is -0.496 e. The lowest BCUT2D eigenvalue weighted by Crippen LogP contribution is -2.13. The SMILES string of the molecule is CCCCCCOc1cc(C(=O)OCC)c(OC)cc1C(=O)OCC. The fourth-order valence-corrected chi connectivity index (χ4v) is 2.30. The van der Waals surface area contributed by atoms with Gasteiger partial charge in [0.15, 0.2) is 0 Å². The highest BCUT2D eigenvalue weighted by atomic mass is 16.5. The molecule has 6 nitrogen and oxygen atoms in total. The molecule has 1 aromatic rings. The summed E-state index contributed by atoms with van der Waals surface area (Å²) in [6.45, 7) is 6.54. The van der Waals surface area contributed by atoms with E-state index in [1.807, 2.05) is 0 Å². The predicted octanol–water partition coefficient (Wildman–Crippen LogP) is 4.01. The van der Waals surface area contributed by atoms with Crippen LogP contribution >= 0.6 is 0 Å². The third kappa shape index (κ3) is 6.29. The maximum Gasteiger partial charge on any atom is 0.342 e. The number of rotatable bonds is 11. The van der Waals surface area contributed by atoms with E-state index in [2.05, 4.69) is 6.92 Å². The summed E-state index contributed by atoms with van der Waals surface area (Å²) in [6.07, 6.45) is 4.18. The van der Waals surface area contributed by atoms with Gasteiger partial charge in [0.1, 0.15) is 22.6 Å². The molecule has 0 saturated carbocycles. The number of ether oxygens (including phenoxy) is 4. The average Bonchev–Trinajstić information content (AvgIpc) is 2.61. The molecule has 0 heterocycles. The Morgan fingerprint density at radius 2 is 1.40 bits per heavy atom. The quantitative estimate of drug-likeness (QED) is 0.443. The normalized spacial score (nSPS) is 10.2. The Balaban J connectivity index is 3.11. The van der Waals surface area contributed by atoms with E-state index in [4.69, 9.17) is 18.9 Å². The number of unbranched alkanes of at least 4 members (excludes halogenated alkanes) is 3. The first-order valence-corrected chi connectivity index (χ1v) is 8.78. The Hall–Kier alpha value is -2.24. The van der Waals surface area contributed by atoms with Crippen LogP contribution in [0.1, 0.15) is 67.2 Å². The first kappa shape index (κ1) is 20.8. The van der Waals surface area contributed by atoms with Gasteiger partial charge in [0.05, 0.1) is 26.9 Å². The van der Waals surface area contributed by atoms with Crippen molar-refractivity contribution in [1.82, 2.24) is 0 Å². The van der Waals surface area contributed by atoms with Crippen molar-refractivity contribution in [1.29, 1.82) is 0 Å². The summed E-state index contributed by atoms with van der Waals surface area (Å²) >= 11 is 0. The second-order valence-corrected chi connectivity index (χ2v) is 5.40. The number of esters is 2. The van der Waals surface area contributed by atoms with E-state index in [9.17, 15) is 9.59 Å². The average molecular weight is 352 g/mol. The van der Waals surface area contributed by atoms with E-state index < -0.39 is 11.9 Å². The van der Waals surface area contributed by atoms with E-state index in [0.29, 0.717) is 12.4 Å². The van der Waals surface area contributed by atoms with Crippen molar-refractivity contribution >= 4 is 11.9 Å². The van der Waals surface area contributed by atoms with Crippen LogP contribution in [0.15, 0.2) is 12.1 Å². The molecule has 0 spiro atoms. The predicted molar refractivity (Wildman–Crippen MR) is 94.5 cm³/mol. The summed E-state index contributed by atoms with van der Waals surface area (Å²) in [5, 5.41) is 0. The zero-order valence-corrected chi connectivity index (χ0v) is 15.6. The van der Waals surface area contributed by atoms with Crippen molar-refractivity contribution in [2.24, 2.45) is 0 Å². The first-order valence-electron chi connectivity index (χ1n) is 8.78. The molecule has 0 aliphatic heterocycles. The van der Waals surface area contributed by atoms with Crippen LogP contribution in [-0.2, 0) is 9.47 Å². The summed E-state index contributed by atoms with van der Waals surface area (Å²) in [4.78, 5) is 24.3. The van der Waals surface area contributed by atoms with Gasteiger partial charge in [0, 0.05) is 0 Å². The second kappa shape index (κ2) is 11.3. The van der Waals surface area contributed by atoms with E-state index >= 15 is 0 Å². The van der Waals surface area contributed by atoms with Gasteiger partial charge < -0.3 is 18.9 Å².